The van der Waals surface area contributed by atoms with Gasteiger partial charge in [-0.2, -0.15) is 0 Å². The van der Waals surface area contributed by atoms with Gasteiger partial charge in [0.15, 0.2) is 0 Å². The molecule has 11 heteroatoms. The zero-order valence-corrected chi connectivity index (χ0v) is 15.9. The number of rotatable bonds is 3. The first kappa shape index (κ1) is 19.8. The number of aryl methyl sites for hydroxylation is 3. The standard InChI is InChI=1S/C5H7NOS.C4H6N2O2.C4H6N2OS/c1-4-3-6-5(7-2)8-4;2*1-3-5-6-4(7-2)8-3/h3H,1-2H3;2*1-2H3. The zero-order chi connectivity index (χ0) is 17.9. The number of aromatic nitrogens is 5. The van der Waals surface area contributed by atoms with E-state index in [0.717, 1.165) is 10.2 Å². The summed E-state index contributed by atoms with van der Waals surface area (Å²) in [5.41, 5.74) is 0. The molecule has 0 atom stereocenters. The Morgan fingerprint density at radius 3 is 1.79 bits per heavy atom. The van der Waals surface area contributed by atoms with Gasteiger partial charge in [0.25, 0.3) is 10.4 Å². The van der Waals surface area contributed by atoms with Crippen LogP contribution in [-0.2, 0) is 0 Å². The Bertz CT molecular complexity index is 617. The molecule has 0 bridgehead atoms. The van der Waals surface area contributed by atoms with Gasteiger partial charge in [-0.3, -0.25) is 0 Å². The van der Waals surface area contributed by atoms with E-state index in [0.29, 0.717) is 11.1 Å². The van der Waals surface area contributed by atoms with Crippen LogP contribution in [0.15, 0.2) is 10.6 Å². The molecule has 3 aromatic rings. The van der Waals surface area contributed by atoms with Gasteiger partial charge < -0.3 is 18.6 Å². The summed E-state index contributed by atoms with van der Waals surface area (Å²) in [6.45, 7) is 5.59. The van der Waals surface area contributed by atoms with Crippen LogP contribution in [0.2, 0.25) is 0 Å². The third kappa shape index (κ3) is 7.33. The average Bonchev–Trinajstić information content (AvgIpc) is 3.30. The van der Waals surface area contributed by atoms with Crippen molar-refractivity contribution in [1.29, 1.82) is 0 Å². The number of hydrogen-bond acceptors (Lipinski definition) is 11. The van der Waals surface area contributed by atoms with E-state index < -0.39 is 0 Å². The van der Waals surface area contributed by atoms with Gasteiger partial charge in [0, 0.05) is 18.0 Å². The molecule has 9 nitrogen and oxygen atoms in total. The van der Waals surface area contributed by atoms with Crippen LogP contribution >= 0.6 is 22.7 Å². The SMILES string of the molecule is COc1ncc(C)s1.COc1nnc(C)o1.COc1nnc(C)s1. The van der Waals surface area contributed by atoms with Crippen molar-refractivity contribution >= 4 is 22.7 Å². The topological polar surface area (TPSA) is 105 Å². The first-order valence-electron chi connectivity index (χ1n) is 6.63. The predicted molar refractivity (Wildman–Crippen MR) is 90.2 cm³/mol. The molecule has 0 spiro atoms. The summed E-state index contributed by atoms with van der Waals surface area (Å²) in [5.74, 6) is 0.516. The van der Waals surface area contributed by atoms with E-state index in [1.54, 1.807) is 38.7 Å². The van der Waals surface area contributed by atoms with Gasteiger partial charge in [-0.15, -0.1) is 15.3 Å². The van der Waals surface area contributed by atoms with Crippen LogP contribution in [-0.4, -0.2) is 46.7 Å². The van der Waals surface area contributed by atoms with E-state index in [2.05, 4.69) is 30.1 Å². The minimum Gasteiger partial charge on any atom is -0.473 e. The summed E-state index contributed by atoms with van der Waals surface area (Å²) in [6, 6.07) is 0. The second-order valence-electron chi connectivity index (χ2n) is 4.02. The van der Waals surface area contributed by atoms with Gasteiger partial charge >= 0.3 is 6.08 Å². The molecule has 0 fully saturated rings. The summed E-state index contributed by atoms with van der Waals surface area (Å²) >= 11 is 3.00. The quantitative estimate of drug-likeness (QED) is 0.685. The molecular weight excluding hydrogens is 354 g/mol. The van der Waals surface area contributed by atoms with Gasteiger partial charge in [-0.05, 0) is 13.8 Å². The van der Waals surface area contributed by atoms with Gasteiger partial charge in [0.05, 0.1) is 21.3 Å². The van der Waals surface area contributed by atoms with Crippen molar-refractivity contribution in [2.24, 2.45) is 0 Å². The first-order chi connectivity index (χ1) is 11.5. The number of methoxy groups -OCH3 is 3. The maximum absolute atomic E-state index is 4.84. The Labute approximate surface area is 147 Å². The van der Waals surface area contributed by atoms with Crippen LogP contribution in [0.25, 0.3) is 0 Å². The fraction of sp³-hybridized carbons (Fsp3) is 0.462. The maximum Gasteiger partial charge on any atom is 0.414 e. The summed E-state index contributed by atoms with van der Waals surface area (Å²) in [6.07, 6.45) is 2.01. The van der Waals surface area contributed by atoms with Crippen LogP contribution in [0.1, 0.15) is 15.8 Å². The number of thiazole rings is 1. The summed E-state index contributed by atoms with van der Waals surface area (Å²) in [5, 5.41) is 16.8. The fourth-order valence-electron chi connectivity index (χ4n) is 1.15. The second kappa shape index (κ2) is 10.5. The third-order valence-corrected chi connectivity index (χ3v) is 3.81. The Morgan fingerprint density at radius 1 is 0.833 bits per heavy atom. The maximum atomic E-state index is 4.84. The minimum atomic E-state index is 0.211. The Kier molecular flexibility index (Phi) is 8.65. The molecule has 0 aliphatic heterocycles. The van der Waals surface area contributed by atoms with Crippen LogP contribution in [0.5, 0.6) is 16.5 Å². The molecule has 132 valence electrons. The summed E-state index contributed by atoms with van der Waals surface area (Å²) < 4.78 is 19.0. The number of hydrogen-bond donors (Lipinski definition) is 0. The molecule has 0 unspecified atom stereocenters. The van der Waals surface area contributed by atoms with E-state index in [-0.39, 0.29) is 6.08 Å². The lowest BCUT2D eigenvalue weighted by Crippen LogP contribution is -1.79. The van der Waals surface area contributed by atoms with E-state index >= 15 is 0 Å². The molecule has 3 aromatic heterocycles. The van der Waals surface area contributed by atoms with Gasteiger partial charge in [0.2, 0.25) is 5.89 Å². The van der Waals surface area contributed by atoms with Crippen LogP contribution in [0.3, 0.4) is 0 Å². The van der Waals surface area contributed by atoms with Crippen molar-refractivity contribution in [2.45, 2.75) is 20.8 Å². The molecule has 0 aliphatic rings. The molecule has 0 saturated carbocycles. The van der Waals surface area contributed by atoms with Gasteiger partial charge in [0.1, 0.15) is 5.01 Å². The van der Waals surface area contributed by atoms with Crippen molar-refractivity contribution in [2.75, 3.05) is 21.3 Å². The fourth-order valence-corrected chi connectivity index (χ4v) is 2.22. The van der Waals surface area contributed by atoms with Crippen LogP contribution < -0.4 is 14.2 Å². The number of ether oxygens (including phenoxy) is 3. The van der Waals surface area contributed by atoms with E-state index in [1.165, 1.54) is 23.3 Å². The first-order valence-corrected chi connectivity index (χ1v) is 8.26. The highest BCUT2D eigenvalue weighted by atomic mass is 32.1. The molecular formula is C13H19N5O4S2. The molecule has 0 aromatic carbocycles. The van der Waals surface area contributed by atoms with Crippen molar-refractivity contribution in [3.05, 3.63) is 22.0 Å². The molecule has 0 saturated heterocycles. The largest absolute Gasteiger partial charge is 0.473 e. The van der Waals surface area contributed by atoms with Crippen molar-refractivity contribution < 1.29 is 18.6 Å². The Hall–Kier alpha value is -2.27. The van der Waals surface area contributed by atoms with Crippen LogP contribution in [0, 0.1) is 20.8 Å². The zero-order valence-electron chi connectivity index (χ0n) is 14.3. The van der Waals surface area contributed by atoms with Gasteiger partial charge in [-0.25, -0.2) is 4.98 Å². The Morgan fingerprint density at radius 2 is 1.54 bits per heavy atom. The van der Waals surface area contributed by atoms with E-state index in [1.807, 2.05) is 13.8 Å². The highest BCUT2D eigenvalue weighted by molar-refractivity contribution is 7.13. The summed E-state index contributed by atoms with van der Waals surface area (Å²) in [4.78, 5) is 5.11. The average molecular weight is 373 g/mol. The van der Waals surface area contributed by atoms with E-state index in [4.69, 9.17) is 13.9 Å². The summed E-state index contributed by atoms with van der Waals surface area (Å²) in [7, 11) is 4.69. The Balaban J connectivity index is 0.000000180. The predicted octanol–water partition coefficient (Wildman–Crippen LogP) is 2.70. The molecule has 24 heavy (non-hydrogen) atoms. The lowest BCUT2D eigenvalue weighted by atomic mass is 10.7. The van der Waals surface area contributed by atoms with Crippen molar-refractivity contribution in [3.63, 3.8) is 0 Å². The van der Waals surface area contributed by atoms with Crippen molar-refractivity contribution in [1.82, 2.24) is 25.4 Å². The lowest BCUT2D eigenvalue weighted by molar-refractivity contribution is 0.284. The highest BCUT2D eigenvalue weighted by Crippen LogP contribution is 2.17. The highest BCUT2D eigenvalue weighted by Gasteiger charge is 1.97. The van der Waals surface area contributed by atoms with Crippen molar-refractivity contribution in [3.8, 4) is 16.5 Å². The number of nitrogens with zero attached hydrogens (tertiary/aromatic N) is 5. The van der Waals surface area contributed by atoms with E-state index in [9.17, 15) is 0 Å². The molecule has 0 radical (unpaired) electrons. The monoisotopic (exact) mass is 373 g/mol. The molecule has 3 rings (SSSR count). The normalized spacial score (nSPS) is 9.25. The second-order valence-corrected chi connectivity index (χ2v) is 6.36. The smallest absolute Gasteiger partial charge is 0.414 e. The lowest BCUT2D eigenvalue weighted by Gasteiger charge is -1.84. The van der Waals surface area contributed by atoms with Crippen LogP contribution in [0.4, 0.5) is 0 Å². The van der Waals surface area contributed by atoms with Gasteiger partial charge in [-0.1, -0.05) is 27.8 Å². The third-order valence-electron chi connectivity index (χ3n) is 2.14. The minimum absolute atomic E-state index is 0.211. The molecule has 0 amide bonds. The molecule has 0 N–H and O–H groups in total. The molecule has 0 aliphatic carbocycles. The molecule has 3 heterocycles.